The molecule has 0 bridgehead atoms. The summed E-state index contributed by atoms with van der Waals surface area (Å²) in [6.07, 6.45) is 2.17. The van der Waals surface area contributed by atoms with E-state index in [0.29, 0.717) is 5.91 Å². The summed E-state index contributed by atoms with van der Waals surface area (Å²) in [5.74, 6) is 1.43. The van der Waals surface area contributed by atoms with Gasteiger partial charge in [0, 0.05) is 32.7 Å². The second kappa shape index (κ2) is 7.21. The Labute approximate surface area is 138 Å². The van der Waals surface area contributed by atoms with Crippen LogP contribution in [0.1, 0.15) is 12.8 Å². The first kappa shape index (κ1) is 16.1. The standard InChI is InChI=1S/C18H27N3O2/c1-19-9-5-6-15(14-19)18(22)21-12-10-20(11-13-21)16-7-3-4-8-17(16)23-2/h3-4,7-8,15H,5-6,9-14H2,1-2H3/t15-/m1/s1. The minimum absolute atomic E-state index is 0.187. The van der Waals surface area contributed by atoms with Gasteiger partial charge in [0.15, 0.2) is 0 Å². The number of hydrogen-bond donors (Lipinski definition) is 0. The van der Waals surface area contributed by atoms with Gasteiger partial charge in [-0.25, -0.2) is 0 Å². The number of piperidine rings is 1. The number of methoxy groups -OCH3 is 1. The lowest BCUT2D eigenvalue weighted by Gasteiger charge is -2.39. The maximum Gasteiger partial charge on any atom is 0.227 e. The topological polar surface area (TPSA) is 36.0 Å². The van der Waals surface area contributed by atoms with Gasteiger partial charge >= 0.3 is 0 Å². The van der Waals surface area contributed by atoms with Gasteiger partial charge in [0.1, 0.15) is 5.75 Å². The molecule has 0 saturated carbocycles. The number of anilines is 1. The Morgan fingerprint density at radius 2 is 1.87 bits per heavy atom. The number of carbonyl (C=O) groups excluding carboxylic acids is 1. The highest BCUT2D eigenvalue weighted by Crippen LogP contribution is 2.28. The van der Waals surface area contributed by atoms with E-state index < -0.39 is 0 Å². The van der Waals surface area contributed by atoms with E-state index in [0.717, 1.165) is 63.5 Å². The first-order valence-corrected chi connectivity index (χ1v) is 8.54. The smallest absolute Gasteiger partial charge is 0.227 e. The van der Waals surface area contributed by atoms with Crippen molar-refractivity contribution >= 4 is 11.6 Å². The summed E-state index contributed by atoms with van der Waals surface area (Å²) in [6, 6.07) is 8.10. The average Bonchev–Trinajstić information content (AvgIpc) is 2.61. The van der Waals surface area contributed by atoms with Crippen molar-refractivity contribution < 1.29 is 9.53 Å². The molecule has 1 aromatic rings. The largest absolute Gasteiger partial charge is 0.495 e. The molecule has 0 N–H and O–H groups in total. The molecule has 2 aliphatic heterocycles. The average molecular weight is 317 g/mol. The molecule has 2 fully saturated rings. The maximum absolute atomic E-state index is 12.7. The number of hydrogen-bond acceptors (Lipinski definition) is 4. The molecule has 23 heavy (non-hydrogen) atoms. The van der Waals surface area contributed by atoms with Crippen molar-refractivity contribution in [2.24, 2.45) is 5.92 Å². The molecule has 5 nitrogen and oxygen atoms in total. The number of nitrogens with zero attached hydrogens (tertiary/aromatic N) is 3. The van der Waals surface area contributed by atoms with E-state index in [-0.39, 0.29) is 5.92 Å². The van der Waals surface area contributed by atoms with Crippen molar-refractivity contribution in [3.8, 4) is 5.75 Å². The summed E-state index contributed by atoms with van der Waals surface area (Å²) in [7, 11) is 3.82. The number of piperazine rings is 1. The van der Waals surface area contributed by atoms with Crippen LogP contribution in [0.2, 0.25) is 0 Å². The van der Waals surface area contributed by atoms with Crippen LogP contribution in [0.3, 0.4) is 0 Å². The quantitative estimate of drug-likeness (QED) is 0.850. The lowest BCUT2D eigenvalue weighted by molar-refractivity contribution is -0.137. The summed E-state index contributed by atoms with van der Waals surface area (Å²) in [5, 5.41) is 0. The maximum atomic E-state index is 12.7. The van der Waals surface area contributed by atoms with Gasteiger partial charge in [-0.05, 0) is 38.6 Å². The molecule has 0 unspecified atom stereocenters. The van der Waals surface area contributed by atoms with Crippen molar-refractivity contribution in [3.63, 3.8) is 0 Å². The Bertz CT molecular complexity index is 541. The number of ether oxygens (including phenoxy) is 1. The zero-order valence-electron chi connectivity index (χ0n) is 14.2. The van der Waals surface area contributed by atoms with Crippen LogP contribution in [0.25, 0.3) is 0 Å². The highest BCUT2D eigenvalue weighted by molar-refractivity contribution is 5.79. The van der Waals surface area contributed by atoms with E-state index in [9.17, 15) is 4.79 Å². The number of rotatable bonds is 3. The second-order valence-corrected chi connectivity index (χ2v) is 6.59. The van der Waals surface area contributed by atoms with Crippen molar-refractivity contribution in [2.45, 2.75) is 12.8 Å². The lowest BCUT2D eigenvalue weighted by Crippen LogP contribution is -2.52. The third kappa shape index (κ3) is 3.61. The second-order valence-electron chi connectivity index (χ2n) is 6.59. The van der Waals surface area contributed by atoms with E-state index in [2.05, 4.69) is 27.8 Å². The zero-order chi connectivity index (χ0) is 16.2. The molecular formula is C18H27N3O2. The number of amides is 1. The van der Waals surface area contributed by atoms with Gasteiger partial charge in [-0.3, -0.25) is 4.79 Å². The summed E-state index contributed by atoms with van der Waals surface area (Å²) >= 11 is 0. The highest BCUT2D eigenvalue weighted by atomic mass is 16.5. The molecule has 0 aliphatic carbocycles. The minimum atomic E-state index is 0.187. The third-order valence-electron chi connectivity index (χ3n) is 4.99. The molecule has 1 amide bonds. The first-order valence-electron chi connectivity index (χ1n) is 8.54. The normalized spacial score (nSPS) is 23.0. The Balaban J connectivity index is 1.59. The summed E-state index contributed by atoms with van der Waals surface area (Å²) in [6.45, 7) is 5.37. The molecule has 0 radical (unpaired) electrons. The predicted molar refractivity (Wildman–Crippen MR) is 92.0 cm³/mol. The lowest BCUT2D eigenvalue weighted by atomic mass is 9.96. The fourth-order valence-electron chi connectivity index (χ4n) is 3.68. The summed E-state index contributed by atoms with van der Waals surface area (Å²) < 4.78 is 5.45. The molecule has 5 heteroatoms. The van der Waals surface area contributed by atoms with E-state index in [4.69, 9.17) is 4.74 Å². The van der Waals surface area contributed by atoms with Gasteiger partial charge in [-0.1, -0.05) is 12.1 Å². The van der Waals surface area contributed by atoms with Crippen molar-refractivity contribution in [2.75, 3.05) is 58.3 Å². The van der Waals surface area contributed by atoms with Crippen LogP contribution < -0.4 is 9.64 Å². The number of carbonyl (C=O) groups is 1. The van der Waals surface area contributed by atoms with E-state index >= 15 is 0 Å². The van der Waals surface area contributed by atoms with Crippen LogP contribution in [0.15, 0.2) is 24.3 Å². The number of para-hydroxylation sites is 2. The molecule has 1 aromatic carbocycles. The van der Waals surface area contributed by atoms with Gasteiger partial charge < -0.3 is 19.4 Å². The highest BCUT2D eigenvalue weighted by Gasteiger charge is 2.30. The molecule has 2 heterocycles. The van der Waals surface area contributed by atoms with E-state index in [1.807, 2.05) is 18.2 Å². The van der Waals surface area contributed by atoms with Gasteiger partial charge in [0.05, 0.1) is 18.7 Å². The van der Waals surface area contributed by atoms with Crippen LogP contribution in [0, 0.1) is 5.92 Å². The summed E-state index contributed by atoms with van der Waals surface area (Å²) in [4.78, 5) is 19.4. The van der Waals surface area contributed by atoms with Crippen LogP contribution in [0.5, 0.6) is 5.75 Å². The molecule has 0 aromatic heterocycles. The molecule has 1 atom stereocenters. The van der Waals surface area contributed by atoms with Crippen molar-refractivity contribution in [1.29, 1.82) is 0 Å². The Hall–Kier alpha value is -1.75. The van der Waals surface area contributed by atoms with Crippen LogP contribution in [-0.2, 0) is 4.79 Å². The van der Waals surface area contributed by atoms with Gasteiger partial charge in [0.2, 0.25) is 5.91 Å². The van der Waals surface area contributed by atoms with Gasteiger partial charge in [-0.15, -0.1) is 0 Å². The van der Waals surface area contributed by atoms with Crippen LogP contribution in [0.4, 0.5) is 5.69 Å². The minimum Gasteiger partial charge on any atom is -0.495 e. The van der Waals surface area contributed by atoms with Gasteiger partial charge in [-0.2, -0.15) is 0 Å². The molecule has 2 aliphatic rings. The van der Waals surface area contributed by atoms with E-state index in [1.165, 1.54) is 0 Å². The Morgan fingerprint density at radius 1 is 1.13 bits per heavy atom. The molecule has 2 saturated heterocycles. The monoisotopic (exact) mass is 317 g/mol. The zero-order valence-corrected chi connectivity index (χ0v) is 14.2. The van der Waals surface area contributed by atoms with Crippen LogP contribution >= 0.6 is 0 Å². The molecule has 0 spiro atoms. The van der Waals surface area contributed by atoms with Crippen LogP contribution in [-0.4, -0.2) is 69.1 Å². The van der Waals surface area contributed by atoms with E-state index in [1.54, 1.807) is 7.11 Å². The van der Waals surface area contributed by atoms with Crippen molar-refractivity contribution in [1.82, 2.24) is 9.80 Å². The molecule has 126 valence electrons. The number of likely N-dealkylation sites (tertiary alicyclic amines) is 1. The fraction of sp³-hybridized carbons (Fsp3) is 0.611. The van der Waals surface area contributed by atoms with Crippen molar-refractivity contribution in [3.05, 3.63) is 24.3 Å². The first-order chi connectivity index (χ1) is 11.2. The SMILES string of the molecule is COc1ccccc1N1CCN(C(=O)[C@@H]2CCCN(C)C2)CC1. The Kier molecular flexibility index (Phi) is 5.06. The fourth-order valence-corrected chi connectivity index (χ4v) is 3.68. The predicted octanol–water partition coefficient (Wildman–Crippen LogP) is 1.69. The Morgan fingerprint density at radius 3 is 2.57 bits per heavy atom. The summed E-state index contributed by atoms with van der Waals surface area (Å²) in [5.41, 5.74) is 1.12. The molecular weight excluding hydrogens is 290 g/mol. The number of benzene rings is 1. The van der Waals surface area contributed by atoms with Gasteiger partial charge in [0.25, 0.3) is 0 Å². The molecule has 3 rings (SSSR count). The third-order valence-corrected chi connectivity index (χ3v) is 4.99.